The molecule has 4 N–H and O–H groups in total. The molecule has 0 aromatic carbocycles. The monoisotopic (exact) mass is 370 g/mol. The van der Waals surface area contributed by atoms with E-state index in [0.717, 1.165) is 52.1 Å². The number of nitrogens with zero attached hydrogens (tertiary/aromatic N) is 2. The molecule has 0 aromatic rings. The minimum absolute atomic E-state index is 0.00694. The second-order valence-electron chi connectivity index (χ2n) is 5.76. The van der Waals surface area contributed by atoms with Crippen LogP contribution in [0.2, 0.25) is 0 Å². The van der Waals surface area contributed by atoms with Gasteiger partial charge in [0.15, 0.2) is 0 Å². The van der Waals surface area contributed by atoms with Crippen molar-refractivity contribution < 1.29 is 24.6 Å². The number of rotatable bonds is 14. The van der Waals surface area contributed by atoms with E-state index >= 15 is 0 Å². The highest BCUT2D eigenvalue weighted by molar-refractivity contribution is 7.51. The third-order valence-corrected chi connectivity index (χ3v) is 4.65. The molecule has 0 aliphatic heterocycles. The first-order valence-electron chi connectivity index (χ1n) is 9.05. The topological polar surface area (TPSA) is 104 Å². The van der Waals surface area contributed by atoms with Crippen LogP contribution >= 0.6 is 7.60 Å². The highest BCUT2D eigenvalue weighted by atomic mass is 31.2. The van der Waals surface area contributed by atoms with Crippen LogP contribution in [-0.2, 0) is 4.57 Å². The van der Waals surface area contributed by atoms with Gasteiger partial charge in [-0.1, -0.05) is 20.8 Å². The summed E-state index contributed by atoms with van der Waals surface area (Å²) in [7, 11) is -3.67. The molecule has 24 heavy (non-hydrogen) atoms. The van der Waals surface area contributed by atoms with E-state index in [4.69, 9.17) is 20.0 Å². The van der Waals surface area contributed by atoms with Gasteiger partial charge in [0.2, 0.25) is 0 Å². The molecule has 7 nitrogen and oxygen atoms in total. The van der Waals surface area contributed by atoms with Gasteiger partial charge in [-0.2, -0.15) is 0 Å². The molecule has 0 amide bonds. The van der Waals surface area contributed by atoms with E-state index in [-0.39, 0.29) is 19.4 Å². The molecule has 0 saturated carbocycles. The van der Waals surface area contributed by atoms with Crippen molar-refractivity contribution in [1.82, 2.24) is 9.80 Å². The summed E-state index contributed by atoms with van der Waals surface area (Å²) in [5, 5.41) is 17.7. The Morgan fingerprint density at radius 2 is 1.17 bits per heavy atom. The van der Waals surface area contributed by atoms with E-state index in [1.54, 1.807) is 6.92 Å². The van der Waals surface area contributed by atoms with Crippen LogP contribution in [0.1, 0.15) is 46.5 Å². The summed E-state index contributed by atoms with van der Waals surface area (Å²) >= 11 is 0. The molecule has 148 valence electrons. The van der Waals surface area contributed by atoms with Gasteiger partial charge in [-0.15, -0.1) is 0 Å². The van der Waals surface area contributed by atoms with Crippen LogP contribution in [-0.4, -0.2) is 88.4 Å². The van der Waals surface area contributed by atoms with Crippen LogP contribution in [0, 0.1) is 0 Å². The summed E-state index contributed by atoms with van der Waals surface area (Å²) in [5.41, 5.74) is 0. The molecule has 0 aromatic heterocycles. The molecule has 8 heteroatoms. The lowest BCUT2D eigenvalue weighted by atomic mass is 10.3. The molecule has 0 rings (SSSR count). The molecule has 0 bridgehead atoms. The zero-order valence-corrected chi connectivity index (χ0v) is 16.6. The van der Waals surface area contributed by atoms with Crippen molar-refractivity contribution in [3.8, 4) is 0 Å². The lowest BCUT2D eigenvalue weighted by Crippen LogP contribution is -2.32. The molecule has 0 aliphatic carbocycles. The van der Waals surface area contributed by atoms with Crippen molar-refractivity contribution in [1.29, 1.82) is 0 Å². The molecular weight excluding hydrogens is 331 g/mol. The van der Waals surface area contributed by atoms with Crippen LogP contribution in [0.3, 0.4) is 0 Å². The predicted molar refractivity (Wildman–Crippen MR) is 99.5 cm³/mol. The largest absolute Gasteiger partial charge is 0.396 e. The van der Waals surface area contributed by atoms with E-state index in [1.807, 2.05) is 0 Å². The Kier molecular flexibility index (Phi) is 19.4. The molecule has 0 saturated heterocycles. The first-order chi connectivity index (χ1) is 11.3. The zero-order chi connectivity index (χ0) is 18.8. The zero-order valence-electron chi connectivity index (χ0n) is 15.7. The summed E-state index contributed by atoms with van der Waals surface area (Å²) in [6.07, 6.45) is 3.38. The van der Waals surface area contributed by atoms with Gasteiger partial charge in [0.05, 0.1) is 0 Å². The fourth-order valence-electron chi connectivity index (χ4n) is 2.27. The van der Waals surface area contributed by atoms with Gasteiger partial charge in [-0.3, -0.25) is 4.57 Å². The van der Waals surface area contributed by atoms with Crippen molar-refractivity contribution in [2.45, 2.75) is 46.5 Å². The van der Waals surface area contributed by atoms with Crippen LogP contribution in [0.4, 0.5) is 0 Å². The Labute approximate surface area is 147 Å². The molecule has 0 unspecified atom stereocenters. The maximum Gasteiger partial charge on any atom is 0.325 e. The highest BCUT2D eigenvalue weighted by Crippen LogP contribution is 2.34. The predicted octanol–water partition coefficient (Wildman–Crippen LogP) is 1.36. The Morgan fingerprint density at radius 1 is 0.750 bits per heavy atom. The van der Waals surface area contributed by atoms with E-state index in [0.29, 0.717) is 6.42 Å². The van der Waals surface area contributed by atoms with Crippen molar-refractivity contribution in [2.24, 2.45) is 0 Å². The number of aliphatic hydroxyl groups excluding tert-OH is 2. The molecule has 0 heterocycles. The van der Waals surface area contributed by atoms with Gasteiger partial charge in [0.25, 0.3) is 0 Å². The van der Waals surface area contributed by atoms with Gasteiger partial charge in [-0.05, 0) is 51.9 Å². The quantitative estimate of drug-likeness (QED) is 0.342. The first kappa shape index (κ1) is 26.2. The fraction of sp³-hybridized carbons (Fsp3) is 1.00. The van der Waals surface area contributed by atoms with Gasteiger partial charge in [0, 0.05) is 32.5 Å². The van der Waals surface area contributed by atoms with Crippen molar-refractivity contribution in [2.75, 3.05) is 58.6 Å². The second kappa shape index (κ2) is 17.8. The third kappa shape index (κ3) is 20.0. The Hall–Kier alpha value is -0.0100. The van der Waals surface area contributed by atoms with Gasteiger partial charge < -0.3 is 29.8 Å². The van der Waals surface area contributed by atoms with E-state index in [1.165, 1.54) is 6.42 Å². The molecule has 0 aliphatic rings. The van der Waals surface area contributed by atoms with E-state index in [9.17, 15) is 4.57 Å². The Balaban J connectivity index is 0. The summed E-state index contributed by atoms with van der Waals surface area (Å²) in [5.74, 6) is 0. The number of hydrogen-bond acceptors (Lipinski definition) is 5. The van der Waals surface area contributed by atoms with Gasteiger partial charge in [0.1, 0.15) is 0 Å². The highest BCUT2D eigenvalue weighted by Gasteiger charge is 2.08. The average Bonchev–Trinajstić information content (AvgIpc) is 2.53. The van der Waals surface area contributed by atoms with E-state index in [2.05, 4.69) is 23.6 Å². The normalized spacial score (nSPS) is 11.7. The fourth-order valence-corrected chi connectivity index (χ4v) is 2.86. The van der Waals surface area contributed by atoms with Crippen LogP contribution in [0.25, 0.3) is 0 Å². The minimum Gasteiger partial charge on any atom is -0.396 e. The van der Waals surface area contributed by atoms with Crippen molar-refractivity contribution in [3.63, 3.8) is 0 Å². The number of aliphatic hydroxyl groups is 2. The molecule has 0 radical (unpaired) electrons. The molecule has 0 atom stereocenters. The maximum atomic E-state index is 9.93. The average molecular weight is 370 g/mol. The smallest absolute Gasteiger partial charge is 0.325 e. The Morgan fingerprint density at radius 3 is 1.46 bits per heavy atom. The minimum atomic E-state index is -3.67. The van der Waals surface area contributed by atoms with Crippen LogP contribution in [0.5, 0.6) is 0 Å². The van der Waals surface area contributed by atoms with Crippen molar-refractivity contribution >= 4 is 7.60 Å². The standard InChI is InChI=1S/C13H30N2O2.C3H9O3P/c1-3-14(4-2)8-5-9-15(10-6-12-16)11-7-13-17;1-2-3-7(4,5)6/h16-17H,3-13H2,1-2H3;2-3H2,1H3,(H2,4,5,6). The third-order valence-electron chi connectivity index (χ3n) is 3.62. The maximum absolute atomic E-state index is 9.93. The van der Waals surface area contributed by atoms with Crippen LogP contribution in [0.15, 0.2) is 0 Å². The lowest BCUT2D eigenvalue weighted by molar-refractivity contribution is 0.191. The first-order valence-corrected chi connectivity index (χ1v) is 10.8. The summed E-state index contributed by atoms with van der Waals surface area (Å²) in [6, 6.07) is 0. The lowest BCUT2D eigenvalue weighted by Gasteiger charge is -2.24. The second-order valence-corrected chi connectivity index (χ2v) is 7.54. The van der Waals surface area contributed by atoms with Crippen molar-refractivity contribution in [3.05, 3.63) is 0 Å². The SMILES string of the molecule is CCCP(=O)(O)O.CCN(CC)CCCN(CCCO)CCCO. The summed E-state index contributed by atoms with van der Waals surface area (Å²) < 4.78 is 9.93. The van der Waals surface area contributed by atoms with E-state index < -0.39 is 7.60 Å². The molecule has 0 fully saturated rings. The summed E-state index contributed by atoms with van der Waals surface area (Å²) in [4.78, 5) is 21.0. The summed E-state index contributed by atoms with van der Waals surface area (Å²) in [6.45, 7) is 12.9. The Bertz CT molecular complexity index is 290. The van der Waals surface area contributed by atoms with Crippen LogP contribution < -0.4 is 0 Å². The molecule has 0 spiro atoms. The van der Waals surface area contributed by atoms with Gasteiger partial charge in [-0.25, -0.2) is 0 Å². The number of hydrogen-bond donors (Lipinski definition) is 4. The molecular formula is C16H39N2O5P. The van der Waals surface area contributed by atoms with Gasteiger partial charge >= 0.3 is 7.60 Å².